The Morgan fingerprint density at radius 1 is 1.25 bits per heavy atom. The molecule has 2 aromatic rings. The van der Waals surface area contributed by atoms with Crippen LogP contribution in [0.25, 0.3) is 0 Å². The van der Waals surface area contributed by atoms with Crippen molar-refractivity contribution in [3.63, 3.8) is 0 Å². The lowest BCUT2D eigenvalue weighted by Gasteiger charge is -2.44. The van der Waals surface area contributed by atoms with Crippen LogP contribution in [-0.4, -0.2) is 54.0 Å². The van der Waals surface area contributed by atoms with Crippen LogP contribution >= 0.6 is 0 Å². The number of rotatable bonds is 2. The van der Waals surface area contributed by atoms with Crippen LogP contribution in [0.1, 0.15) is 17.4 Å². The normalized spacial score (nSPS) is 20.6. The predicted octanol–water partition coefficient (Wildman–Crippen LogP) is 1.23. The number of ether oxygens (including phenoxy) is 2. The Balaban J connectivity index is 1.68. The van der Waals surface area contributed by atoms with Gasteiger partial charge in [0.05, 0.1) is 12.7 Å². The van der Waals surface area contributed by atoms with Crippen molar-refractivity contribution >= 4 is 17.7 Å². The molecule has 0 spiro atoms. The molecule has 2 unspecified atom stereocenters. The van der Waals surface area contributed by atoms with Crippen molar-refractivity contribution in [2.24, 2.45) is 0 Å². The summed E-state index contributed by atoms with van der Waals surface area (Å²) < 4.78 is 12.4. The van der Waals surface area contributed by atoms with Gasteiger partial charge in [0.15, 0.2) is 5.69 Å². The first-order chi connectivity index (χ1) is 13.5. The van der Waals surface area contributed by atoms with Gasteiger partial charge in [-0.2, -0.15) is 0 Å². The summed E-state index contributed by atoms with van der Waals surface area (Å²) in [5, 5.41) is 0. The minimum absolute atomic E-state index is 0.00679. The van der Waals surface area contributed by atoms with Gasteiger partial charge in [0.1, 0.15) is 6.17 Å². The highest BCUT2D eigenvalue weighted by Crippen LogP contribution is 2.25. The number of anilines is 1. The van der Waals surface area contributed by atoms with Crippen LogP contribution in [0.4, 0.5) is 10.5 Å². The number of para-hydroxylation sites is 1. The molecule has 1 saturated heterocycles. The Labute approximate surface area is 161 Å². The number of pyridine rings is 1. The van der Waals surface area contributed by atoms with Gasteiger partial charge in [-0.05, 0) is 19.1 Å². The van der Waals surface area contributed by atoms with E-state index in [2.05, 4.69) is 5.43 Å². The summed E-state index contributed by atoms with van der Waals surface area (Å²) in [5.41, 5.74) is 3.18. The highest BCUT2D eigenvalue weighted by molar-refractivity contribution is 5.98. The first-order valence-electron chi connectivity index (χ1n) is 8.92. The predicted molar refractivity (Wildman–Crippen MR) is 101 cm³/mol. The van der Waals surface area contributed by atoms with Crippen molar-refractivity contribution < 1.29 is 19.1 Å². The fourth-order valence-corrected chi connectivity index (χ4v) is 3.34. The largest absolute Gasteiger partial charge is 0.419 e. The van der Waals surface area contributed by atoms with E-state index in [1.165, 1.54) is 28.9 Å². The van der Waals surface area contributed by atoms with Crippen LogP contribution in [0.2, 0.25) is 0 Å². The van der Waals surface area contributed by atoms with Gasteiger partial charge in [-0.25, -0.2) is 4.79 Å². The number of nitrogens with one attached hydrogen (secondary N) is 1. The second-order valence-electron chi connectivity index (χ2n) is 6.64. The Kier molecular flexibility index (Phi) is 4.52. The molecule has 2 aliphatic heterocycles. The zero-order valence-corrected chi connectivity index (χ0v) is 15.5. The molecule has 146 valence electrons. The second-order valence-corrected chi connectivity index (χ2v) is 6.64. The number of hydrogen-bond donors (Lipinski definition) is 1. The highest BCUT2D eigenvalue weighted by Gasteiger charge is 2.40. The van der Waals surface area contributed by atoms with Crippen LogP contribution < -0.4 is 20.5 Å². The van der Waals surface area contributed by atoms with Gasteiger partial charge >= 0.3 is 6.09 Å². The van der Waals surface area contributed by atoms with Gasteiger partial charge in [0.25, 0.3) is 5.91 Å². The average molecular weight is 384 g/mol. The molecule has 0 bridgehead atoms. The number of aromatic nitrogens is 1. The number of carbonyl (C=O) groups is 2. The minimum atomic E-state index is -0.762. The van der Waals surface area contributed by atoms with Crippen molar-refractivity contribution in [1.29, 1.82) is 0 Å². The second kappa shape index (κ2) is 7.01. The van der Waals surface area contributed by atoms with Crippen molar-refractivity contribution in [2.45, 2.75) is 19.2 Å². The van der Waals surface area contributed by atoms with E-state index >= 15 is 0 Å². The number of amides is 2. The maximum Gasteiger partial charge on any atom is 0.419 e. The molecule has 9 nitrogen and oxygen atoms in total. The van der Waals surface area contributed by atoms with Crippen LogP contribution in [0, 0.1) is 0 Å². The van der Waals surface area contributed by atoms with Crippen molar-refractivity contribution in [3.05, 3.63) is 58.5 Å². The van der Waals surface area contributed by atoms with Crippen LogP contribution in [0.3, 0.4) is 0 Å². The minimum Gasteiger partial charge on any atom is -0.403 e. The molecular weight excluding hydrogens is 364 g/mol. The Bertz CT molecular complexity index is 974. The molecule has 1 N–H and O–H groups in total. The van der Waals surface area contributed by atoms with E-state index in [1.807, 2.05) is 13.0 Å². The average Bonchev–Trinajstić information content (AvgIpc) is 2.71. The molecule has 2 aliphatic rings. The Hall–Kier alpha value is -3.33. The number of hydrogen-bond acceptors (Lipinski definition) is 6. The van der Waals surface area contributed by atoms with Gasteiger partial charge in [-0.3, -0.25) is 19.2 Å². The fourth-order valence-electron chi connectivity index (χ4n) is 3.34. The molecule has 9 heteroatoms. The van der Waals surface area contributed by atoms with Crippen molar-refractivity contribution in [2.75, 3.05) is 30.5 Å². The van der Waals surface area contributed by atoms with E-state index in [4.69, 9.17) is 9.47 Å². The molecule has 0 radical (unpaired) electrons. The van der Waals surface area contributed by atoms with E-state index in [9.17, 15) is 14.4 Å². The summed E-state index contributed by atoms with van der Waals surface area (Å²) in [4.78, 5) is 40.9. The maximum atomic E-state index is 13.1. The summed E-state index contributed by atoms with van der Waals surface area (Å²) in [6, 6.07) is 10.1. The topological polar surface area (TPSA) is 93.1 Å². The maximum absolute atomic E-state index is 13.1. The summed E-state index contributed by atoms with van der Waals surface area (Å²) >= 11 is 0. The zero-order chi connectivity index (χ0) is 19.8. The number of fused-ring (bicyclic) bond motifs is 2. The summed E-state index contributed by atoms with van der Waals surface area (Å²) in [6.07, 6.45) is 0.0989. The van der Waals surface area contributed by atoms with E-state index in [0.717, 1.165) is 0 Å². The van der Waals surface area contributed by atoms with Gasteiger partial charge in [-0.1, -0.05) is 18.2 Å². The smallest absolute Gasteiger partial charge is 0.403 e. The van der Waals surface area contributed by atoms with Crippen molar-refractivity contribution in [1.82, 2.24) is 9.58 Å². The molecule has 2 atom stereocenters. The van der Waals surface area contributed by atoms with Gasteiger partial charge in [0.2, 0.25) is 11.2 Å². The van der Waals surface area contributed by atoms with Crippen LogP contribution in [0.5, 0.6) is 5.75 Å². The fraction of sp³-hybridized carbons (Fsp3) is 0.316. The molecule has 3 heterocycles. The monoisotopic (exact) mass is 384 g/mol. The molecule has 28 heavy (non-hydrogen) atoms. The SMILES string of the molecule is CC1OCCN2C(=O)c3c(OC(=O)N(C)c4ccccc4)c(=O)ccn3NC12. The van der Waals surface area contributed by atoms with Gasteiger partial charge in [0, 0.05) is 31.5 Å². The number of benzene rings is 1. The lowest BCUT2D eigenvalue weighted by molar-refractivity contribution is -0.0492. The number of carbonyl (C=O) groups excluding carboxylic acids is 2. The standard InChI is InChI=1S/C19H20N4O5/c1-12-17-20-23-9-8-14(24)16(15(23)18(25)22(17)10-11-27-12)28-19(26)21(2)13-6-4-3-5-7-13/h3-9,12,17,20H,10-11H2,1-2H3. The molecule has 4 rings (SSSR count). The van der Waals surface area contributed by atoms with Crippen LogP contribution in [0.15, 0.2) is 47.4 Å². The summed E-state index contributed by atoms with van der Waals surface area (Å²) in [7, 11) is 1.53. The molecule has 1 aromatic heterocycles. The molecule has 1 aromatic carbocycles. The quantitative estimate of drug-likeness (QED) is 0.837. The molecule has 1 fully saturated rings. The van der Waals surface area contributed by atoms with Crippen LogP contribution in [-0.2, 0) is 4.74 Å². The summed E-state index contributed by atoms with van der Waals surface area (Å²) in [5.74, 6) is -0.688. The lowest BCUT2D eigenvalue weighted by Crippen LogP contribution is -2.62. The summed E-state index contributed by atoms with van der Waals surface area (Å²) in [6.45, 7) is 2.63. The number of nitrogens with zero attached hydrogens (tertiary/aromatic N) is 3. The highest BCUT2D eigenvalue weighted by atomic mass is 16.6. The Morgan fingerprint density at radius 2 is 2.00 bits per heavy atom. The lowest BCUT2D eigenvalue weighted by atomic mass is 10.1. The van der Waals surface area contributed by atoms with Gasteiger partial charge < -0.3 is 19.8 Å². The number of morpholine rings is 1. The third-order valence-corrected chi connectivity index (χ3v) is 4.89. The van der Waals surface area contributed by atoms with E-state index in [-0.39, 0.29) is 29.6 Å². The third-order valence-electron chi connectivity index (χ3n) is 4.89. The van der Waals surface area contributed by atoms with Crippen molar-refractivity contribution in [3.8, 4) is 5.75 Å². The third kappa shape index (κ3) is 2.99. The van der Waals surface area contributed by atoms with Gasteiger partial charge in [-0.15, -0.1) is 0 Å². The molecule has 0 aliphatic carbocycles. The Morgan fingerprint density at radius 3 is 2.75 bits per heavy atom. The first kappa shape index (κ1) is 18.1. The van der Waals surface area contributed by atoms with E-state index in [0.29, 0.717) is 18.8 Å². The molecule has 0 saturated carbocycles. The molecule has 2 amide bonds. The van der Waals surface area contributed by atoms with E-state index < -0.39 is 11.5 Å². The molecular formula is C19H20N4O5. The van der Waals surface area contributed by atoms with E-state index in [1.54, 1.807) is 29.2 Å². The first-order valence-corrected chi connectivity index (χ1v) is 8.92. The zero-order valence-electron chi connectivity index (χ0n) is 15.5.